The summed E-state index contributed by atoms with van der Waals surface area (Å²) in [6.07, 6.45) is 5.02. The Morgan fingerprint density at radius 1 is 1.31 bits per heavy atom. The molecule has 0 aliphatic carbocycles. The summed E-state index contributed by atoms with van der Waals surface area (Å²) in [6.45, 7) is 9.45. The van der Waals surface area contributed by atoms with E-state index in [1.165, 1.54) is 25.7 Å². The number of nitrogens with two attached hydrogens (primary N) is 1. The maximum Gasteiger partial charge on any atom is 0.188 e. The molecule has 3 N–H and O–H groups in total. The third-order valence-electron chi connectivity index (χ3n) is 2.50. The second-order valence-electron chi connectivity index (χ2n) is 4.44. The number of hydrogen-bond acceptors (Lipinski definition) is 1. The van der Waals surface area contributed by atoms with Gasteiger partial charge in [-0.05, 0) is 26.2 Å². The second-order valence-corrected chi connectivity index (χ2v) is 4.44. The fourth-order valence-electron chi connectivity index (χ4n) is 1.49. The Hall–Kier alpha value is 0. The maximum atomic E-state index is 5.75. The highest BCUT2D eigenvalue weighted by Crippen LogP contribution is 2.12. The van der Waals surface area contributed by atoms with Crippen LogP contribution in [0, 0.1) is 5.92 Å². The molecule has 3 nitrogen and oxygen atoms in total. The first-order valence-electron chi connectivity index (χ1n) is 6.16. The predicted octanol–water partition coefficient (Wildman–Crippen LogP) is 3.13. The van der Waals surface area contributed by atoms with Crippen molar-refractivity contribution in [3.05, 3.63) is 0 Å². The quantitative estimate of drug-likeness (QED) is 0.425. The molecule has 0 heterocycles. The van der Waals surface area contributed by atoms with Gasteiger partial charge in [0.15, 0.2) is 5.96 Å². The van der Waals surface area contributed by atoms with Gasteiger partial charge < -0.3 is 11.1 Å². The van der Waals surface area contributed by atoms with E-state index in [0.29, 0.717) is 17.9 Å². The van der Waals surface area contributed by atoms with E-state index in [4.69, 9.17) is 5.73 Å². The Balaban J connectivity index is 0. The van der Waals surface area contributed by atoms with Gasteiger partial charge in [-0.25, -0.2) is 0 Å². The number of halogens is 1. The number of unbranched alkanes of at least 4 members (excludes halogenated alkanes) is 1. The molecule has 0 saturated heterocycles. The lowest BCUT2D eigenvalue weighted by molar-refractivity contribution is 0.461. The van der Waals surface area contributed by atoms with E-state index in [1.54, 1.807) is 0 Å². The molecule has 0 saturated carbocycles. The van der Waals surface area contributed by atoms with Crippen LogP contribution in [0.5, 0.6) is 0 Å². The zero-order chi connectivity index (χ0) is 11.7. The molecule has 0 rings (SSSR count). The van der Waals surface area contributed by atoms with Crippen molar-refractivity contribution < 1.29 is 0 Å². The summed E-state index contributed by atoms with van der Waals surface area (Å²) in [4.78, 5) is 4.37. The molecule has 0 amide bonds. The summed E-state index contributed by atoms with van der Waals surface area (Å²) in [7, 11) is 0. The van der Waals surface area contributed by atoms with E-state index < -0.39 is 0 Å². The van der Waals surface area contributed by atoms with Crippen LogP contribution in [0.2, 0.25) is 0 Å². The standard InChI is InChI=1S/C12H27N3.HI/c1-5-7-8-11(6-2)9-14-12(13)15-10(3)4;/h10-11H,5-9H2,1-4H3,(H3,13,14,15);1H. The Labute approximate surface area is 118 Å². The molecule has 0 aromatic heterocycles. The van der Waals surface area contributed by atoms with Gasteiger partial charge >= 0.3 is 0 Å². The van der Waals surface area contributed by atoms with Gasteiger partial charge in [0.1, 0.15) is 0 Å². The molecule has 0 aromatic carbocycles. The van der Waals surface area contributed by atoms with Crippen molar-refractivity contribution in [2.24, 2.45) is 16.6 Å². The van der Waals surface area contributed by atoms with Crippen LogP contribution in [0.15, 0.2) is 4.99 Å². The molecule has 0 radical (unpaired) electrons. The summed E-state index contributed by atoms with van der Waals surface area (Å²) >= 11 is 0. The molecular weight excluding hydrogens is 313 g/mol. The van der Waals surface area contributed by atoms with Gasteiger partial charge in [-0.15, -0.1) is 24.0 Å². The lowest BCUT2D eigenvalue weighted by Crippen LogP contribution is -2.37. The molecule has 0 fully saturated rings. The number of rotatable bonds is 7. The number of aliphatic imine (C=N–C) groups is 1. The average Bonchev–Trinajstić information content (AvgIpc) is 2.17. The van der Waals surface area contributed by atoms with Crippen LogP contribution < -0.4 is 11.1 Å². The molecule has 0 aliphatic rings. The first-order valence-corrected chi connectivity index (χ1v) is 6.16. The summed E-state index contributed by atoms with van der Waals surface area (Å²) in [5, 5.41) is 3.11. The molecular formula is C12H28IN3. The first kappa shape index (κ1) is 18.4. The van der Waals surface area contributed by atoms with Crippen molar-refractivity contribution in [2.75, 3.05) is 6.54 Å². The van der Waals surface area contributed by atoms with Gasteiger partial charge in [-0.1, -0.05) is 33.1 Å². The van der Waals surface area contributed by atoms with Gasteiger partial charge in [0, 0.05) is 12.6 Å². The van der Waals surface area contributed by atoms with Crippen LogP contribution in [-0.2, 0) is 0 Å². The molecule has 0 aromatic rings. The second kappa shape index (κ2) is 11.5. The lowest BCUT2D eigenvalue weighted by Gasteiger charge is -2.13. The molecule has 0 bridgehead atoms. The van der Waals surface area contributed by atoms with Gasteiger partial charge in [-0.3, -0.25) is 4.99 Å². The Morgan fingerprint density at radius 2 is 1.94 bits per heavy atom. The van der Waals surface area contributed by atoms with Crippen LogP contribution in [0.1, 0.15) is 53.4 Å². The number of nitrogens with zero attached hydrogens (tertiary/aromatic N) is 1. The van der Waals surface area contributed by atoms with Crippen LogP contribution in [-0.4, -0.2) is 18.5 Å². The fourth-order valence-corrected chi connectivity index (χ4v) is 1.49. The van der Waals surface area contributed by atoms with Crippen molar-refractivity contribution in [3.63, 3.8) is 0 Å². The number of hydrogen-bond donors (Lipinski definition) is 2. The predicted molar refractivity (Wildman–Crippen MR) is 83.5 cm³/mol. The first-order chi connectivity index (χ1) is 7.10. The number of guanidine groups is 1. The SMILES string of the molecule is CCCCC(CC)CN=C(N)NC(C)C.I. The minimum atomic E-state index is 0. The van der Waals surface area contributed by atoms with E-state index in [9.17, 15) is 0 Å². The molecule has 1 atom stereocenters. The molecule has 16 heavy (non-hydrogen) atoms. The largest absolute Gasteiger partial charge is 0.370 e. The maximum absolute atomic E-state index is 5.75. The Morgan fingerprint density at radius 3 is 2.38 bits per heavy atom. The zero-order valence-corrected chi connectivity index (χ0v) is 13.5. The van der Waals surface area contributed by atoms with Crippen LogP contribution in [0.4, 0.5) is 0 Å². The molecule has 1 unspecified atom stereocenters. The van der Waals surface area contributed by atoms with E-state index >= 15 is 0 Å². The summed E-state index contributed by atoms with van der Waals surface area (Å²) in [5.41, 5.74) is 5.75. The highest BCUT2D eigenvalue weighted by Gasteiger charge is 2.05. The third kappa shape index (κ3) is 10.5. The third-order valence-corrected chi connectivity index (χ3v) is 2.50. The minimum absolute atomic E-state index is 0. The van der Waals surface area contributed by atoms with Gasteiger partial charge in [0.2, 0.25) is 0 Å². The van der Waals surface area contributed by atoms with Crippen molar-refractivity contribution in [1.29, 1.82) is 0 Å². The Bertz CT molecular complexity index is 181. The fraction of sp³-hybridized carbons (Fsp3) is 0.917. The van der Waals surface area contributed by atoms with Gasteiger partial charge in [-0.2, -0.15) is 0 Å². The van der Waals surface area contributed by atoms with E-state index in [-0.39, 0.29) is 24.0 Å². The van der Waals surface area contributed by atoms with Crippen LogP contribution in [0.3, 0.4) is 0 Å². The van der Waals surface area contributed by atoms with Gasteiger partial charge in [0.05, 0.1) is 0 Å². The van der Waals surface area contributed by atoms with Crippen molar-refractivity contribution in [2.45, 2.75) is 59.4 Å². The lowest BCUT2D eigenvalue weighted by atomic mass is 10.00. The van der Waals surface area contributed by atoms with Crippen LogP contribution in [0.25, 0.3) is 0 Å². The van der Waals surface area contributed by atoms with Gasteiger partial charge in [0.25, 0.3) is 0 Å². The van der Waals surface area contributed by atoms with Crippen molar-refractivity contribution >= 4 is 29.9 Å². The molecule has 98 valence electrons. The highest BCUT2D eigenvalue weighted by atomic mass is 127. The van der Waals surface area contributed by atoms with E-state index in [0.717, 1.165) is 6.54 Å². The Kier molecular flexibility index (Phi) is 13.2. The van der Waals surface area contributed by atoms with E-state index in [1.807, 2.05) is 0 Å². The topological polar surface area (TPSA) is 50.4 Å². The molecule has 0 spiro atoms. The summed E-state index contributed by atoms with van der Waals surface area (Å²) in [6, 6.07) is 0.365. The van der Waals surface area contributed by atoms with E-state index in [2.05, 4.69) is 38.0 Å². The minimum Gasteiger partial charge on any atom is -0.370 e. The summed E-state index contributed by atoms with van der Waals surface area (Å²) in [5.74, 6) is 1.28. The normalized spacial score (nSPS) is 13.4. The van der Waals surface area contributed by atoms with Crippen LogP contribution >= 0.6 is 24.0 Å². The average molecular weight is 341 g/mol. The zero-order valence-electron chi connectivity index (χ0n) is 11.1. The smallest absolute Gasteiger partial charge is 0.188 e. The molecule has 0 aliphatic heterocycles. The van der Waals surface area contributed by atoms with Crippen molar-refractivity contribution in [1.82, 2.24) is 5.32 Å². The highest BCUT2D eigenvalue weighted by molar-refractivity contribution is 14.0. The summed E-state index contributed by atoms with van der Waals surface area (Å²) < 4.78 is 0. The van der Waals surface area contributed by atoms with Crippen molar-refractivity contribution in [3.8, 4) is 0 Å². The monoisotopic (exact) mass is 341 g/mol. The molecule has 4 heteroatoms. The number of nitrogens with one attached hydrogen (secondary N) is 1.